The molecule has 1 fully saturated rings. The number of rotatable bonds is 11. The van der Waals surface area contributed by atoms with E-state index in [-0.39, 0.29) is 0 Å². The summed E-state index contributed by atoms with van der Waals surface area (Å²) in [6.07, 6.45) is 12.8. The zero-order chi connectivity index (χ0) is 14.0. The summed E-state index contributed by atoms with van der Waals surface area (Å²) in [7, 11) is 1.78. The van der Waals surface area contributed by atoms with Crippen molar-refractivity contribution in [3.05, 3.63) is 0 Å². The van der Waals surface area contributed by atoms with Crippen LogP contribution >= 0.6 is 0 Å². The topological polar surface area (TPSA) is 21.3 Å². The third-order valence-electron chi connectivity index (χ3n) is 4.99. The van der Waals surface area contributed by atoms with E-state index in [2.05, 4.69) is 19.2 Å². The molecule has 0 saturated heterocycles. The molecule has 1 unspecified atom stereocenters. The van der Waals surface area contributed by atoms with Gasteiger partial charge in [0, 0.05) is 20.2 Å². The molecule has 0 aliphatic heterocycles. The average Bonchev–Trinajstić information content (AvgIpc) is 2.93. The number of unbranched alkanes of at least 4 members (excludes halogenated alkanes) is 1. The highest BCUT2D eigenvalue weighted by atomic mass is 16.5. The molecule has 0 aromatic carbocycles. The van der Waals surface area contributed by atoms with E-state index >= 15 is 0 Å². The minimum absolute atomic E-state index is 0.540. The Kier molecular flexibility index (Phi) is 8.72. The minimum atomic E-state index is 0.540. The van der Waals surface area contributed by atoms with Gasteiger partial charge >= 0.3 is 0 Å². The van der Waals surface area contributed by atoms with Gasteiger partial charge in [-0.25, -0.2) is 0 Å². The number of hydrogen-bond donors (Lipinski definition) is 1. The molecule has 2 nitrogen and oxygen atoms in total. The Bertz CT molecular complexity index is 213. The highest BCUT2D eigenvalue weighted by molar-refractivity contribution is 4.85. The number of hydrogen-bond acceptors (Lipinski definition) is 2. The molecule has 0 aromatic heterocycles. The second kappa shape index (κ2) is 9.77. The molecule has 2 heteroatoms. The average molecular weight is 269 g/mol. The van der Waals surface area contributed by atoms with E-state index in [0.29, 0.717) is 5.41 Å². The lowest BCUT2D eigenvalue weighted by Crippen LogP contribution is -2.37. The quantitative estimate of drug-likeness (QED) is 0.562. The molecule has 1 aliphatic rings. The molecule has 0 bridgehead atoms. The fourth-order valence-electron chi connectivity index (χ4n) is 3.62. The van der Waals surface area contributed by atoms with E-state index in [4.69, 9.17) is 4.74 Å². The van der Waals surface area contributed by atoms with Crippen molar-refractivity contribution in [2.75, 3.05) is 26.8 Å². The molecule has 1 rings (SSSR count). The lowest BCUT2D eigenvalue weighted by molar-refractivity contribution is 0.159. The third kappa shape index (κ3) is 6.27. The van der Waals surface area contributed by atoms with Gasteiger partial charge in [-0.15, -0.1) is 0 Å². The van der Waals surface area contributed by atoms with Gasteiger partial charge in [-0.05, 0) is 30.6 Å². The summed E-state index contributed by atoms with van der Waals surface area (Å²) in [5, 5.41) is 3.64. The van der Waals surface area contributed by atoms with E-state index in [1.165, 1.54) is 64.3 Å². The Morgan fingerprint density at radius 1 is 1.21 bits per heavy atom. The monoisotopic (exact) mass is 269 g/mol. The fourth-order valence-corrected chi connectivity index (χ4v) is 3.62. The van der Waals surface area contributed by atoms with Crippen LogP contribution < -0.4 is 5.32 Å². The Morgan fingerprint density at radius 3 is 2.53 bits per heavy atom. The molecule has 0 heterocycles. The maximum Gasteiger partial charge on any atom is 0.0587 e. The lowest BCUT2D eigenvalue weighted by Gasteiger charge is -2.36. The molecule has 114 valence electrons. The van der Waals surface area contributed by atoms with Gasteiger partial charge in [0.25, 0.3) is 0 Å². The first-order valence-electron chi connectivity index (χ1n) is 8.46. The van der Waals surface area contributed by atoms with Gasteiger partial charge in [-0.2, -0.15) is 0 Å². The summed E-state index contributed by atoms with van der Waals surface area (Å²) in [6.45, 7) is 7.71. The fraction of sp³-hybridized carbons (Fsp3) is 1.00. The van der Waals surface area contributed by atoms with Crippen molar-refractivity contribution in [2.24, 2.45) is 11.3 Å². The van der Waals surface area contributed by atoms with Crippen molar-refractivity contribution in [1.29, 1.82) is 0 Å². The zero-order valence-corrected chi connectivity index (χ0v) is 13.5. The van der Waals surface area contributed by atoms with E-state index in [1.807, 2.05) is 0 Å². The highest BCUT2D eigenvalue weighted by Gasteiger charge is 2.31. The van der Waals surface area contributed by atoms with Crippen LogP contribution in [0.25, 0.3) is 0 Å². The van der Waals surface area contributed by atoms with Gasteiger partial charge in [0.2, 0.25) is 0 Å². The first-order chi connectivity index (χ1) is 9.26. The summed E-state index contributed by atoms with van der Waals surface area (Å²) in [5.41, 5.74) is 0.540. The third-order valence-corrected chi connectivity index (χ3v) is 4.99. The van der Waals surface area contributed by atoms with Crippen LogP contribution in [0.3, 0.4) is 0 Å². The Hall–Kier alpha value is -0.0800. The zero-order valence-electron chi connectivity index (χ0n) is 13.5. The van der Waals surface area contributed by atoms with E-state index in [9.17, 15) is 0 Å². The molecule has 0 amide bonds. The van der Waals surface area contributed by atoms with Gasteiger partial charge in [-0.1, -0.05) is 52.4 Å². The maximum absolute atomic E-state index is 5.14. The van der Waals surface area contributed by atoms with Crippen molar-refractivity contribution < 1.29 is 4.74 Å². The Balaban J connectivity index is 2.47. The highest BCUT2D eigenvalue weighted by Crippen LogP contribution is 2.40. The van der Waals surface area contributed by atoms with E-state index in [1.54, 1.807) is 7.11 Å². The largest absolute Gasteiger partial charge is 0.383 e. The summed E-state index contributed by atoms with van der Waals surface area (Å²) in [5.74, 6) is 1.00. The molecule has 19 heavy (non-hydrogen) atoms. The second-order valence-electron chi connectivity index (χ2n) is 6.48. The van der Waals surface area contributed by atoms with Crippen LogP contribution in [0.5, 0.6) is 0 Å². The van der Waals surface area contributed by atoms with Crippen LogP contribution in [0.4, 0.5) is 0 Å². The summed E-state index contributed by atoms with van der Waals surface area (Å²) < 4.78 is 5.14. The number of methoxy groups -OCH3 is 1. The number of ether oxygens (including phenoxy) is 1. The van der Waals surface area contributed by atoms with Crippen molar-refractivity contribution in [2.45, 2.75) is 71.6 Å². The van der Waals surface area contributed by atoms with Gasteiger partial charge in [0.1, 0.15) is 0 Å². The van der Waals surface area contributed by atoms with Crippen molar-refractivity contribution in [3.8, 4) is 0 Å². The molecule has 0 aromatic rings. The van der Waals surface area contributed by atoms with Crippen LogP contribution in [0.15, 0.2) is 0 Å². The van der Waals surface area contributed by atoms with Gasteiger partial charge in [0.15, 0.2) is 0 Å². The van der Waals surface area contributed by atoms with E-state index in [0.717, 1.165) is 19.1 Å². The molecule has 1 saturated carbocycles. The predicted octanol–water partition coefficient (Wildman–Crippen LogP) is 4.39. The van der Waals surface area contributed by atoms with Crippen LogP contribution in [0.1, 0.15) is 71.6 Å². The molecule has 0 spiro atoms. The molecule has 0 radical (unpaired) electrons. The molecular formula is C17H35NO. The smallest absolute Gasteiger partial charge is 0.0587 e. The first kappa shape index (κ1) is 17.0. The minimum Gasteiger partial charge on any atom is -0.383 e. The van der Waals surface area contributed by atoms with Crippen molar-refractivity contribution >= 4 is 0 Å². The Labute approximate surface area is 120 Å². The van der Waals surface area contributed by atoms with Gasteiger partial charge in [-0.3, -0.25) is 0 Å². The van der Waals surface area contributed by atoms with Crippen LogP contribution in [0, 0.1) is 11.3 Å². The second-order valence-corrected chi connectivity index (χ2v) is 6.48. The number of nitrogens with one attached hydrogen (secondary N) is 1. The molecule has 1 aliphatic carbocycles. The van der Waals surface area contributed by atoms with Crippen molar-refractivity contribution in [1.82, 2.24) is 5.32 Å². The van der Waals surface area contributed by atoms with Crippen LogP contribution in [0.2, 0.25) is 0 Å². The summed E-state index contributed by atoms with van der Waals surface area (Å²) >= 11 is 0. The SMILES string of the molecule is CCCCC(CC)(CNCCOC)CC1CCCC1. The lowest BCUT2D eigenvalue weighted by atomic mass is 9.73. The molecular weight excluding hydrogens is 234 g/mol. The Morgan fingerprint density at radius 2 is 1.95 bits per heavy atom. The van der Waals surface area contributed by atoms with Gasteiger partial charge < -0.3 is 10.1 Å². The van der Waals surface area contributed by atoms with Crippen LogP contribution in [-0.4, -0.2) is 26.8 Å². The normalized spacial score (nSPS) is 19.7. The van der Waals surface area contributed by atoms with Crippen molar-refractivity contribution in [3.63, 3.8) is 0 Å². The first-order valence-corrected chi connectivity index (χ1v) is 8.46. The molecule has 1 N–H and O–H groups in total. The van der Waals surface area contributed by atoms with Gasteiger partial charge in [0.05, 0.1) is 6.61 Å². The standard InChI is InChI=1S/C17H35NO/c1-4-6-11-17(5-2,15-18-12-13-19-3)14-16-9-7-8-10-16/h16,18H,4-15H2,1-3H3. The summed E-state index contributed by atoms with van der Waals surface area (Å²) in [4.78, 5) is 0. The predicted molar refractivity (Wildman–Crippen MR) is 83.6 cm³/mol. The maximum atomic E-state index is 5.14. The van der Waals surface area contributed by atoms with E-state index < -0.39 is 0 Å². The van der Waals surface area contributed by atoms with Crippen LogP contribution in [-0.2, 0) is 4.74 Å². The summed E-state index contributed by atoms with van der Waals surface area (Å²) in [6, 6.07) is 0. The molecule has 1 atom stereocenters.